The van der Waals surface area contributed by atoms with Gasteiger partial charge < -0.3 is 4.74 Å². The van der Waals surface area contributed by atoms with Crippen molar-refractivity contribution < 1.29 is 27.5 Å². The zero-order chi connectivity index (χ0) is 19.9. The van der Waals surface area contributed by atoms with Crippen LogP contribution in [0.3, 0.4) is 0 Å². The van der Waals surface area contributed by atoms with Crippen LogP contribution >= 0.6 is 0 Å². The fraction of sp³-hybridized carbons (Fsp3) is 0.526. The van der Waals surface area contributed by atoms with Crippen molar-refractivity contribution in [2.24, 2.45) is 17.8 Å². The smallest absolute Gasteiger partial charge is 0.367 e. The van der Waals surface area contributed by atoms with Crippen LogP contribution in [0.4, 0.5) is 18.9 Å². The van der Waals surface area contributed by atoms with Crippen LogP contribution in [0.15, 0.2) is 18.2 Å². The molecule has 3 heterocycles. The van der Waals surface area contributed by atoms with Crippen molar-refractivity contribution in [2.75, 3.05) is 4.90 Å². The normalized spacial score (nSPS) is 37.7. The number of carbonyl (C=O) groups is 2. The van der Waals surface area contributed by atoms with Crippen LogP contribution in [0.25, 0.3) is 0 Å². The molecule has 3 saturated heterocycles. The maximum Gasteiger partial charge on any atom is 0.417 e. The standard InChI is InChI=1S/C19H17F3N2O3/c1-9-7-17(2)13-14(18(9,3)27-17)16(26)24(15(13)25)11-5-4-10(8-23)12(6-11)19(20,21)22/h4-6,9,13-14H,7H2,1-3H3/t9-,13+,14-,17+,18-/m1/s1. The molecule has 0 aromatic heterocycles. The van der Waals surface area contributed by atoms with Crippen molar-refractivity contribution in [2.45, 2.75) is 44.6 Å². The van der Waals surface area contributed by atoms with Gasteiger partial charge >= 0.3 is 6.18 Å². The summed E-state index contributed by atoms with van der Waals surface area (Å²) in [6.07, 6.45) is -4.16. The van der Waals surface area contributed by atoms with Gasteiger partial charge in [0.05, 0.1) is 45.9 Å². The van der Waals surface area contributed by atoms with Crippen LogP contribution in [0.5, 0.6) is 0 Å². The van der Waals surface area contributed by atoms with Crippen molar-refractivity contribution in [3.63, 3.8) is 0 Å². The molecule has 4 rings (SSSR count). The lowest BCUT2D eigenvalue weighted by Crippen LogP contribution is -2.45. The summed E-state index contributed by atoms with van der Waals surface area (Å²) in [6.45, 7) is 5.53. The quantitative estimate of drug-likeness (QED) is 0.704. The molecule has 3 aliphatic rings. The highest BCUT2D eigenvalue weighted by Gasteiger charge is 2.74. The van der Waals surface area contributed by atoms with Gasteiger partial charge in [0.1, 0.15) is 0 Å². The molecule has 0 N–H and O–H groups in total. The molecule has 5 atom stereocenters. The number of hydrogen-bond acceptors (Lipinski definition) is 4. The van der Waals surface area contributed by atoms with Crippen LogP contribution in [0.2, 0.25) is 0 Å². The molecular weight excluding hydrogens is 361 g/mol. The molecule has 1 aromatic carbocycles. The molecule has 2 amide bonds. The lowest BCUT2D eigenvalue weighted by molar-refractivity contribution is -0.138. The minimum absolute atomic E-state index is 0.0483. The Morgan fingerprint density at radius 3 is 2.44 bits per heavy atom. The summed E-state index contributed by atoms with van der Waals surface area (Å²) < 4.78 is 45.9. The van der Waals surface area contributed by atoms with Crippen molar-refractivity contribution in [3.05, 3.63) is 29.3 Å². The van der Waals surface area contributed by atoms with E-state index in [1.54, 1.807) is 13.8 Å². The first-order valence-corrected chi connectivity index (χ1v) is 8.63. The van der Waals surface area contributed by atoms with Crippen molar-refractivity contribution in [3.8, 4) is 6.07 Å². The summed E-state index contributed by atoms with van der Waals surface area (Å²) in [5.74, 6) is -2.46. The Kier molecular flexibility index (Phi) is 3.40. The molecule has 3 fully saturated rings. The van der Waals surface area contributed by atoms with Gasteiger partial charge in [0.15, 0.2) is 0 Å². The van der Waals surface area contributed by atoms with Gasteiger partial charge in [0.2, 0.25) is 11.8 Å². The molecule has 8 heteroatoms. The minimum atomic E-state index is -4.77. The van der Waals surface area contributed by atoms with Gasteiger partial charge in [-0.1, -0.05) is 6.92 Å². The zero-order valence-electron chi connectivity index (χ0n) is 14.9. The number of rotatable bonds is 1. The second-order valence-corrected chi connectivity index (χ2v) is 8.01. The first kappa shape index (κ1) is 18.0. The molecule has 1 aromatic rings. The summed E-state index contributed by atoms with van der Waals surface area (Å²) in [6, 6.07) is 4.40. The van der Waals surface area contributed by atoms with Crippen molar-refractivity contribution >= 4 is 17.5 Å². The Hall–Kier alpha value is -2.40. The highest BCUT2D eigenvalue weighted by Crippen LogP contribution is 2.63. The monoisotopic (exact) mass is 378 g/mol. The number of hydrogen-bond donors (Lipinski definition) is 0. The molecule has 3 aliphatic heterocycles. The number of halogens is 3. The third-order valence-corrected chi connectivity index (χ3v) is 6.41. The molecule has 0 saturated carbocycles. The van der Waals surface area contributed by atoms with E-state index in [0.717, 1.165) is 11.0 Å². The van der Waals surface area contributed by atoms with Gasteiger partial charge in [-0.25, -0.2) is 4.90 Å². The highest BCUT2D eigenvalue weighted by atomic mass is 19.4. The number of amides is 2. The topological polar surface area (TPSA) is 70.4 Å². The number of ether oxygens (including phenoxy) is 1. The maximum atomic E-state index is 13.3. The summed E-state index contributed by atoms with van der Waals surface area (Å²) in [4.78, 5) is 26.9. The summed E-state index contributed by atoms with van der Waals surface area (Å²) >= 11 is 0. The van der Waals surface area contributed by atoms with Crippen molar-refractivity contribution in [1.29, 1.82) is 5.26 Å². The number of alkyl halides is 3. The Balaban J connectivity index is 1.81. The predicted octanol–water partition coefficient (Wildman–Crippen LogP) is 3.27. The van der Waals surface area contributed by atoms with Crippen LogP contribution in [0.1, 0.15) is 38.3 Å². The second-order valence-electron chi connectivity index (χ2n) is 8.01. The van der Waals surface area contributed by atoms with Crippen molar-refractivity contribution in [1.82, 2.24) is 0 Å². The van der Waals surface area contributed by atoms with E-state index in [9.17, 15) is 22.8 Å². The molecule has 142 valence electrons. The Bertz CT molecular complexity index is 922. The van der Waals surface area contributed by atoms with E-state index in [-0.39, 0.29) is 11.6 Å². The zero-order valence-corrected chi connectivity index (χ0v) is 14.9. The third kappa shape index (κ3) is 2.15. The number of fused-ring (bicyclic) bond motifs is 5. The van der Waals surface area contributed by atoms with Gasteiger partial charge in [-0.15, -0.1) is 0 Å². The summed E-state index contributed by atoms with van der Waals surface area (Å²) in [5.41, 5.74) is -3.50. The van der Waals surface area contributed by atoms with E-state index >= 15 is 0 Å². The Morgan fingerprint density at radius 1 is 1.22 bits per heavy atom. The predicted molar refractivity (Wildman–Crippen MR) is 87.3 cm³/mol. The highest BCUT2D eigenvalue weighted by molar-refractivity contribution is 6.23. The summed E-state index contributed by atoms with van der Waals surface area (Å²) in [5, 5.41) is 8.93. The number of carbonyl (C=O) groups excluding carboxylic acids is 2. The largest absolute Gasteiger partial charge is 0.417 e. The molecular formula is C19H17F3N2O3. The van der Waals surface area contributed by atoms with E-state index in [2.05, 4.69) is 0 Å². The average Bonchev–Trinajstić information content (AvgIpc) is 3.07. The lowest BCUT2D eigenvalue weighted by Gasteiger charge is -2.33. The molecule has 2 bridgehead atoms. The third-order valence-electron chi connectivity index (χ3n) is 6.41. The minimum Gasteiger partial charge on any atom is -0.367 e. The molecule has 5 nitrogen and oxygen atoms in total. The van der Waals surface area contributed by atoms with Gasteiger partial charge in [0, 0.05) is 0 Å². The number of anilines is 1. The van der Waals surface area contributed by atoms with Gasteiger partial charge in [-0.05, 0) is 44.4 Å². The van der Waals surface area contributed by atoms with E-state index < -0.39 is 52.2 Å². The van der Waals surface area contributed by atoms with Gasteiger partial charge in [0.25, 0.3) is 0 Å². The van der Waals surface area contributed by atoms with Crippen LogP contribution in [-0.2, 0) is 20.5 Å². The number of nitriles is 1. The van der Waals surface area contributed by atoms with Crippen LogP contribution in [0, 0.1) is 29.1 Å². The number of benzene rings is 1. The Labute approximate surface area is 153 Å². The molecule has 27 heavy (non-hydrogen) atoms. The lowest BCUT2D eigenvalue weighted by atomic mass is 9.64. The first-order valence-electron chi connectivity index (χ1n) is 8.63. The Morgan fingerprint density at radius 2 is 1.85 bits per heavy atom. The summed E-state index contributed by atoms with van der Waals surface area (Å²) in [7, 11) is 0. The van der Waals surface area contributed by atoms with Gasteiger partial charge in [-0.3, -0.25) is 9.59 Å². The fourth-order valence-corrected chi connectivity index (χ4v) is 5.14. The molecule has 0 spiro atoms. The van der Waals surface area contributed by atoms with E-state index in [1.165, 1.54) is 12.1 Å². The number of imide groups is 1. The fourth-order valence-electron chi connectivity index (χ4n) is 5.14. The van der Waals surface area contributed by atoms with Crippen LogP contribution in [-0.4, -0.2) is 23.0 Å². The average molecular weight is 378 g/mol. The van der Waals surface area contributed by atoms with Crippen LogP contribution < -0.4 is 4.90 Å². The van der Waals surface area contributed by atoms with E-state index in [1.807, 2.05) is 6.92 Å². The van der Waals surface area contributed by atoms with E-state index in [4.69, 9.17) is 10.00 Å². The molecule has 0 radical (unpaired) electrons. The SMILES string of the molecule is C[C@@H]1C[C@]2(C)O[C@@]1(C)[C@H]1C(=O)N(c3ccc(C#N)c(C(F)(F)F)c3)C(=O)[C@H]12. The first-order chi connectivity index (χ1) is 12.4. The van der Waals surface area contributed by atoms with E-state index in [0.29, 0.717) is 12.5 Å². The molecule has 0 unspecified atom stereocenters. The maximum absolute atomic E-state index is 13.3. The second kappa shape index (κ2) is 5.10. The molecule has 0 aliphatic carbocycles. The number of nitrogens with zero attached hydrogens (tertiary/aromatic N) is 2. The van der Waals surface area contributed by atoms with Gasteiger partial charge in [-0.2, -0.15) is 18.4 Å².